The van der Waals surface area contributed by atoms with Crippen LogP contribution in [0.1, 0.15) is 12.8 Å². The molecule has 101 valence electrons. The number of amides is 2. The van der Waals surface area contributed by atoms with Gasteiger partial charge in [-0.25, -0.2) is 10.5 Å². The maximum atomic E-state index is 11.4. The third-order valence-electron chi connectivity index (χ3n) is 4.04. The van der Waals surface area contributed by atoms with Gasteiger partial charge in [-0.15, -0.1) is 0 Å². The molecule has 3 rings (SSSR count). The van der Waals surface area contributed by atoms with Crippen molar-refractivity contribution in [3.05, 3.63) is 24.3 Å². The molecule has 2 amide bonds. The molecule has 0 saturated carbocycles. The summed E-state index contributed by atoms with van der Waals surface area (Å²) in [7, 11) is 0. The fraction of sp³-hybridized carbons (Fsp3) is 0.500. The lowest BCUT2D eigenvalue weighted by molar-refractivity contribution is 0.252. The Labute approximate surface area is 113 Å². The average Bonchev–Trinajstić information content (AvgIpc) is 2.47. The van der Waals surface area contributed by atoms with Crippen LogP contribution in [0.5, 0.6) is 0 Å². The molecule has 19 heavy (non-hydrogen) atoms. The number of nitrogens with one attached hydrogen (secondary N) is 2. The number of carbonyl (C=O) groups excluding carboxylic acids is 1. The van der Waals surface area contributed by atoms with E-state index in [0.29, 0.717) is 12.6 Å². The Balaban J connectivity index is 1.91. The molecule has 2 heterocycles. The van der Waals surface area contributed by atoms with E-state index in [0.717, 1.165) is 43.9 Å². The molecular weight excluding hydrogens is 240 g/mol. The zero-order chi connectivity index (χ0) is 13.2. The third kappa shape index (κ3) is 2.26. The van der Waals surface area contributed by atoms with Gasteiger partial charge in [-0.3, -0.25) is 4.90 Å². The number of urea groups is 1. The van der Waals surface area contributed by atoms with Gasteiger partial charge in [0.05, 0.1) is 11.4 Å². The summed E-state index contributed by atoms with van der Waals surface area (Å²) in [5.74, 6) is 0. The van der Waals surface area contributed by atoms with Crippen molar-refractivity contribution >= 4 is 17.4 Å². The van der Waals surface area contributed by atoms with Crippen LogP contribution in [0.15, 0.2) is 24.3 Å². The minimum Gasteiger partial charge on any atom is -0.365 e. The number of fused-ring (bicyclic) bond motifs is 1. The minimum absolute atomic E-state index is 0.547. The first-order valence-electron chi connectivity index (χ1n) is 6.87. The molecule has 1 fully saturated rings. The fourth-order valence-corrected chi connectivity index (χ4v) is 3.09. The molecule has 1 aromatic carbocycles. The summed E-state index contributed by atoms with van der Waals surface area (Å²) in [5.41, 5.74) is 9.35. The molecule has 0 aliphatic carbocycles. The monoisotopic (exact) mass is 259 g/mol. The van der Waals surface area contributed by atoms with Crippen LogP contribution in [0.2, 0.25) is 0 Å². The molecule has 5 heteroatoms. The van der Waals surface area contributed by atoms with Crippen LogP contribution in [0.3, 0.4) is 0 Å². The number of anilines is 2. The van der Waals surface area contributed by atoms with Gasteiger partial charge in [0.15, 0.2) is 0 Å². The van der Waals surface area contributed by atoms with Gasteiger partial charge >= 0.3 is 6.03 Å². The second-order valence-electron chi connectivity index (χ2n) is 5.12. The molecule has 5 nitrogen and oxygen atoms in total. The topological polar surface area (TPSA) is 59.4 Å². The molecule has 1 saturated heterocycles. The van der Waals surface area contributed by atoms with Gasteiger partial charge in [-0.05, 0) is 38.1 Å². The van der Waals surface area contributed by atoms with E-state index >= 15 is 0 Å². The number of hydrogen-bond donors (Lipinski definition) is 1. The number of para-hydroxylation sites is 2. The molecule has 0 atom stereocenters. The number of piperidine rings is 1. The predicted octanol–water partition coefficient (Wildman–Crippen LogP) is 1.47. The van der Waals surface area contributed by atoms with Crippen molar-refractivity contribution < 1.29 is 4.79 Å². The van der Waals surface area contributed by atoms with Crippen LogP contribution in [-0.4, -0.2) is 38.3 Å². The number of nitrogens with zero attached hydrogens (tertiary/aromatic N) is 2. The summed E-state index contributed by atoms with van der Waals surface area (Å²) in [4.78, 5) is 15.4. The summed E-state index contributed by atoms with van der Waals surface area (Å²) in [6.07, 6.45) is 2.28. The summed E-state index contributed by atoms with van der Waals surface area (Å²) < 4.78 is 0. The zero-order valence-electron chi connectivity index (χ0n) is 10.9. The van der Waals surface area contributed by atoms with E-state index in [-0.39, 0.29) is 0 Å². The Bertz CT molecular complexity index is 470. The summed E-state index contributed by atoms with van der Waals surface area (Å²) in [6.45, 7) is 3.56. The highest BCUT2D eigenvalue weighted by atomic mass is 16.2. The third-order valence-corrected chi connectivity index (χ3v) is 4.04. The van der Waals surface area contributed by atoms with Gasteiger partial charge in [0.25, 0.3) is 0 Å². The SMILES string of the molecule is [NH]C(=O)N1CCN(C2CCNCC2)c2ccccc21. The molecule has 0 unspecified atom stereocenters. The minimum atomic E-state index is -0.614. The maximum absolute atomic E-state index is 11.4. The van der Waals surface area contributed by atoms with Crippen LogP contribution in [0, 0.1) is 0 Å². The first kappa shape index (κ1) is 12.3. The summed E-state index contributed by atoms with van der Waals surface area (Å²) >= 11 is 0. The van der Waals surface area contributed by atoms with E-state index in [4.69, 9.17) is 5.73 Å². The lowest BCUT2D eigenvalue weighted by atomic mass is 10.0. The summed E-state index contributed by atoms with van der Waals surface area (Å²) in [6, 6.07) is 7.87. The molecule has 2 N–H and O–H groups in total. The number of hydrogen-bond acceptors (Lipinski definition) is 3. The van der Waals surface area contributed by atoms with E-state index in [2.05, 4.69) is 16.3 Å². The average molecular weight is 259 g/mol. The smallest absolute Gasteiger partial charge is 0.340 e. The van der Waals surface area contributed by atoms with Crippen LogP contribution in [-0.2, 0) is 0 Å². The van der Waals surface area contributed by atoms with Crippen LogP contribution < -0.4 is 20.9 Å². The molecule has 0 aromatic heterocycles. The quantitative estimate of drug-likeness (QED) is 0.830. The maximum Gasteiger partial charge on any atom is 0.340 e. The first-order chi connectivity index (χ1) is 9.27. The normalized spacial score (nSPS) is 20.2. The molecular formula is C14H19N4O. The van der Waals surface area contributed by atoms with Crippen molar-refractivity contribution in [2.45, 2.75) is 18.9 Å². The van der Waals surface area contributed by atoms with Gasteiger partial charge in [-0.2, -0.15) is 0 Å². The first-order valence-corrected chi connectivity index (χ1v) is 6.87. The highest BCUT2D eigenvalue weighted by Gasteiger charge is 2.30. The zero-order valence-corrected chi connectivity index (χ0v) is 10.9. The Morgan fingerprint density at radius 1 is 1.16 bits per heavy atom. The fourth-order valence-electron chi connectivity index (χ4n) is 3.09. The van der Waals surface area contributed by atoms with Crippen molar-refractivity contribution in [1.29, 1.82) is 0 Å². The van der Waals surface area contributed by atoms with Gasteiger partial charge in [0.2, 0.25) is 0 Å². The van der Waals surface area contributed by atoms with Crippen molar-refractivity contribution in [2.24, 2.45) is 0 Å². The number of rotatable bonds is 1. The standard InChI is InChI=1S/C14H19N4O/c15-14(19)18-10-9-17(11-5-7-16-8-6-11)12-3-1-2-4-13(12)18/h1-4,11,15-16H,5-10H2. The van der Waals surface area contributed by atoms with E-state index in [1.807, 2.05) is 18.2 Å². The highest BCUT2D eigenvalue weighted by molar-refractivity contribution is 5.95. The Morgan fingerprint density at radius 2 is 1.84 bits per heavy atom. The van der Waals surface area contributed by atoms with E-state index < -0.39 is 6.03 Å². The van der Waals surface area contributed by atoms with Crippen molar-refractivity contribution in [3.8, 4) is 0 Å². The van der Waals surface area contributed by atoms with Crippen LogP contribution in [0.25, 0.3) is 0 Å². The van der Waals surface area contributed by atoms with Gasteiger partial charge in [0, 0.05) is 19.1 Å². The van der Waals surface area contributed by atoms with Gasteiger partial charge < -0.3 is 10.2 Å². The van der Waals surface area contributed by atoms with Crippen LogP contribution in [0.4, 0.5) is 16.2 Å². The summed E-state index contributed by atoms with van der Waals surface area (Å²) in [5, 5.41) is 3.38. The van der Waals surface area contributed by atoms with Crippen molar-refractivity contribution in [3.63, 3.8) is 0 Å². The second-order valence-corrected chi connectivity index (χ2v) is 5.12. The predicted molar refractivity (Wildman–Crippen MR) is 75.5 cm³/mol. The number of benzene rings is 1. The molecule has 0 spiro atoms. The lowest BCUT2D eigenvalue weighted by Crippen LogP contribution is -2.50. The second kappa shape index (κ2) is 5.09. The van der Waals surface area contributed by atoms with Gasteiger partial charge in [0.1, 0.15) is 0 Å². The van der Waals surface area contributed by atoms with Crippen molar-refractivity contribution in [1.82, 2.24) is 11.1 Å². The molecule has 2 aliphatic rings. The molecule has 1 radical (unpaired) electrons. The van der Waals surface area contributed by atoms with E-state index in [1.165, 1.54) is 0 Å². The largest absolute Gasteiger partial charge is 0.365 e. The van der Waals surface area contributed by atoms with Gasteiger partial charge in [-0.1, -0.05) is 12.1 Å². The molecule has 2 aliphatic heterocycles. The van der Waals surface area contributed by atoms with E-state index in [9.17, 15) is 4.79 Å². The van der Waals surface area contributed by atoms with Crippen molar-refractivity contribution in [2.75, 3.05) is 36.0 Å². The Hall–Kier alpha value is -1.75. The molecule has 1 aromatic rings. The Kier molecular flexibility index (Phi) is 3.29. The lowest BCUT2D eigenvalue weighted by Gasteiger charge is -2.42. The highest BCUT2D eigenvalue weighted by Crippen LogP contribution is 2.35. The molecule has 0 bridgehead atoms. The van der Waals surface area contributed by atoms with Crippen LogP contribution >= 0.6 is 0 Å². The Morgan fingerprint density at radius 3 is 2.53 bits per heavy atom. The van der Waals surface area contributed by atoms with E-state index in [1.54, 1.807) is 4.90 Å². The number of carbonyl (C=O) groups is 1.